The molecular formula is C43H67ClFNO4. The lowest BCUT2D eigenvalue weighted by atomic mass is 9.86. The summed E-state index contributed by atoms with van der Waals surface area (Å²) >= 11 is 5.79. The first-order valence-electron chi connectivity index (χ1n) is 17.8. The van der Waals surface area contributed by atoms with Crippen LogP contribution in [0.5, 0.6) is 0 Å². The number of hydrogen-bond donors (Lipinski definition) is 1. The van der Waals surface area contributed by atoms with E-state index in [0.717, 1.165) is 24.0 Å². The largest absolute Gasteiger partial charge is 0.516 e. The first-order valence-corrected chi connectivity index (χ1v) is 18.2. The zero-order valence-electron chi connectivity index (χ0n) is 33.8. The Bertz CT molecular complexity index is 1480. The number of pyridine rings is 1. The molecule has 3 rings (SSSR count). The highest BCUT2D eigenvalue weighted by Crippen LogP contribution is 2.35. The second kappa shape index (κ2) is 24.7. The minimum absolute atomic E-state index is 0.0676. The summed E-state index contributed by atoms with van der Waals surface area (Å²) in [6.45, 7) is 34.2. The third-order valence-electron chi connectivity index (χ3n) is 6.74. The van der Waals surface area contributed by atoms with Gasteiger partial charge in [0.15, 0.2) is 11.3 Å². The summed E-state index contributed by atoms with van der Waals surface area (Å²) < 4.78 is 25.0. The van der Waals surface area contributed by atoms with Crippen LogP contribution < -0.4 is 0 Å². The lowest BCUT2D eigenvalue weighted by Crippen LogP contribution is -2.12. The zero-order chi connectivity index (χ0) is 39.2. The lowest BCUT2D eigenvalue weighted by molar-refractivity contribution is 0.0913. The van der Waals surface area contributed by atoms with Crippen LogP contribution in [0.3, 0.4) is 0 Å². The highest BCUT2D eigenvalue weighted by Gasteiger charge is 2.25. The van der Waals surface area contributed by atoms with Gasteiger partial charge in [-0.1, -0.05) is 127 Å². The smallest absolute Gasteiger partial charge is 0.200 e. The van der Waals surface area contributed by atoms with Crippen molar-refractivity contribution in [3.63, 3.8) is 0 Å². The van der Waals surface area contributed by atoms with E-state index in [4.69, 9.17) is 25.9 Å². The first kappa shape index (κ1) is 48.7. The summed E-state index contributed by atoms with van der Waals surface area (Å²) in [5.74, 6) is 0.544. The van der Waals surface area contributed by atoms with Crippen molar-refractivity contribution < 1.29 is 23.4 Å². The van der Waals surface area contributed by atoms with E-state index in [1.165, 1.54) is 43.4 Å². The lowest BCUT2D eigenvalue weighted by Gasteiger charge is -2.20. The van der Waals surface area contributed by atoms with Gasteiger partial charge in [0.05, 0.1) is 29.0 Å². The van der Waals surface area contributed by atoms with E-state index >= 15 is 0 Å². The van der Waals surface area contributed by atoms with Crippen molar-refractivity contribution in [3.8, 4) is 11.3 Å². The van der Waals surface area contributed by atoms with Crippen molar-refractivity contribution in [2.45, 2.75) is 141 Å². The number of rotatable bonds is 8. The molecule has 0 unspecified atom stereocenters. The molecule has 2 heterocycles. The third kappa shape index (κ3) is 20.3. The average Bonchev–Trinajstić information content (AvgIpc) is 3.45. The van der Waals surface area contributed by atoms with Gasteiger partial charge in [0, 0.05) is 23.1 Å². The minimum atomic E-state index is -0.494. The molecule has 7 heteroatoms. The number of carbonyl (C=O) groups is 1. The molecule has 0 fully saturated rings. The van der Waals surface area contributed by atoms with Gasteiger partial charge >= 0.3 is 0 Å². The molecule has 282 valence electrons. The number of aliphatic hydroxyl groups excluding tert-OH is 1. The molecule has 3 aromatic rings. The van der Waals surface area contributed by atoms with Gasteiger partial charge in [-0.05, 0) is 74.3 Å². The van der Waals surface area contributed by atoms with Gasteiger partial charge in [-0.3, -0.25) is 4.79 Å². The average molecular weight is 716 g/mol. The quantitative estimate of drug-likeness (QED) is 0.186. The number of ether oxygens (including phenoxy) is 1. The predicted octanol–water partition coefficient (Wildman–Crippen LogP) is 15.0. The molecule has 0 atom stereocenters. The number of aliphatic hydroxyl groups is 1. The van der Waals surface area contributed by atoms with Crippen molar-refractivity contribution >= 4 is 28.5 Å². The van der Waals surface area contributed by atoms with Crippen LogP contribution in [-0.4, -0.2) is 15.9 Å². The van der Waals surface area contributed by atoms with E-state index in [1.54, 1.807) is 18.4 Å². The summed E-state index contributed by atoms with van der Waals surface area (Å²) in [6.07, 6.45) is 10.9. The second-order valence-corrected chi connectivity index (χ2v) is 15.2. The Morgan fingerprint density at radius 1 is 1.00 bits per heavy atom. The zero-order valence-corrected chi connectivity index (χ0v) is 34.6. The van der Waals surface area contributed by atoms with E-state index < -0.39 is 5.82 Å². The van der Waals surface area contributed by atoms with Crippen LogP contribution in [-0.2, 0) is 10.2 Å². The normalized spacial score (nSPS) is 11.0. The molecule has 50 heavy (non-hydrogen) atoms. The fourth-order valence-corrected chi connectivity index (χ4v) is 4.20. The summed E-state index contributed by atoms with van der Waals surface area (Å²) in [6, 6.07) is 8.16. The van der Waals surface area contributed by atoms with Gasteiger partial charge < -0.3 is 14.3 Å². The number of halogens is 2. The Morgan fingerprint density at radius 3 is 1.94 bits per heavy atom. The van der Waals surface area contributed by atoms with Crippen LogP contribution in [0.2, 0.25) is 5.02 Å². The maximum atomic E-state index is 13.9. The van der Waals surface area contributed by atoms with Gasteiger partial charge in [0.1, 0.15) is 11.3 Å². The highest BCUT2D eigenvalue weighted by molar-refractivity contribution is 6.30. The Kier molecular flexibility index (Phi) is 24.1. The van der Waals surface area contributed by atoms with E-state index in [0.29, 0.717) is 33.5 Å². The highest BCUT2D eigenvalue weighted by atomic mass is 35.5. The number of ketones is 1. The molecule has 0 aliphatic heterocycles. The minimum Gasteiger partial charge on any atom is -0.516 e. The molecule has 0 bridgehead atoms. The molecule has 0 saturated heterocycles. The first-order chi connectivity index (χ1) is 23.1. The number of fused-ring (bicyclic) bond motifs is 1. The van der Waals surface area contributed by atoms with E-state index in [9.17, 15) is 9.18 Å². The van der Waals surface area contributed by atoms with Crippen molar-refractivity contribution in [2.75, 3.05) is 0 Å². The Morgan fingerprint density at radius 2 is 1.56 bits per heavy atom. The van der Waals surface area contributed by atoms with Gasteiger partial charge in [0.2, 0.25) is 5.78 Å². The SMILES string of the molecule is C=CO.CC(C)C(=O)c1cc2nc(-c3ccc(Cl)c(F)c3)cc(C(C)(C)C)c2o1.CC/C=C(\C)OC=C(C)C.CCCC.CCCC(C)(C)C. The molecule has 1 N–H and O–H groups in total. The maximum absolute atomic E-state index is 13.9. The molecule has 0 spiro atoms. The number of hydrogen-bond acceptors (Lipinski definition) is 5. The monoisotopic (exact) mass is 715 g/mol. The summed E-state index contributed by atoms with van der Waals surface area (Å²) in [5.41, 5.74) is 4.83. The Labute approximate surface area is 309 Å². The van der Waals surface area contributed by atoms with Gasteiger partial charge in [-0.25, -0.2) is 9.37 Å². The van der Waals surface area contributed by atoms with E-state index in [1.807, 2.05) is 40.7 Å². The maximum Gasteiger partial charge on any atom is 0.200 e. The van der Waals surface area contributed by atoms with Crippen LogP contribution in [0.4, 0.5) is 4.39 Å². The second-order valence-electron chi connectivity index (χ2n) is 14.8. The van der Waals surface area contributed by atoms with Crippen molar-refractivity contribution in [1.29, 1.82) is 0 Å². The molecular weight excluding hydrogens is 649 g/mol. The molecule has 0 amide bonds. The van der Waals surface area contributed by atoms with Gasteiger partial charge in [0.25, 0.3) is 0 Å². The number of nitrogens with zero attached hydrogens (tertiary/aromatic N) is 1. The van der Waals surface area contributed by atoms with Gasteiger partial charge in [-0.15, -0.1) is 0 Å². The fraction of sp³-hybridized carbons (Fsp3) is 0.535. The van der Waals surface area contributed by atoms with Crippen LogP contribution in [0.15, 0.2) is 71.3 Å². The number of furan rings is 1. The molecule has 1 aromatic carbocycles. The van der Waals surface area contributed by atoms with E-state index in [-0.39, 0.29) is 22.1 Å². The molecule has 0 aliphatic carbocycles. The van der Waals surface area contributed by atoms with Crippen molar-refractivity contribution in [2.24, 2.45) is 11.3 Å². The van der Waals surface area contributed by atoms with Gasteiger partial charge in [-0.2, -0.15) is 0 Å². The number of Topliss-reactive ketones (excluding diaryl/α,β-unsaturated/α-hetero) is 1. The molecule has 2 aromatic heterocycles. The van der Waals surface area contributed by atoms with Crippen LogP contribution >= 0.6 is 11.6 Å². The summed E-state index contributed by atoms with van der Waals surface area (Å²) in [7, 11) is 0. The number of unbranched alkanes of at least 4 members (excludes halogenated alkanes) is 1. The van der Waals surface area contributed by atoms with Crippen LogP contribution in [0.25, 0.3) is 22.4 Å². The number of benzene rings is 1. The molecule has 0 aliphatic rings. The van der Waals surface area contributed by atoms with Crippen molar-refractivity contribution in [3.05, 3.63) is 89.0 Å². The molecule has 5 nitrogen and oxygen atoms in total. The summed E-state index contributed by atoms with van der Waals surface area (Å²) in [4.78, 5) is 16.9. The fourth-order valence-electron chi connectivity index (χ4n) is 4.08. The van der Waals surface area contributed by atoms with Crippen LogP contribution in [0.1, 0.15) is 152 Å². The molecule has 0 radical (unpaired) electrons. The number of carbonyl (C=O) groups excluding carboxylic acids is 1. The predicted molar refractivity (Wildman–Crippen MR) is 215 cm³/mol. The van der Waals surface area contributed by atoms with E-state index in [2.05, 4.69) is 86.9 Å². The summed E-state index contributed by atoms with van der Waals surface area (Å²) in [5, 5.41) is 7.40. The number of aromatic nitrogens is 1. The van der Waals surface area contributed by atoms with Crippen molar-refractivity contribution in [1.82, 2.24) is 4.98 Å². The Balaban J connectivity index is 0. The molecule has 0 saturated carbocycles. The van der Waals surface area contributed by atoms with Crippen LogP contribution in [0, 0.1) is 17.2 Å². The standard InChI is InChI=1S/C21H21ClFNO2.C9H16O.C7H16.C4H10.C2H4O/c1-11(2)19(25)18-10-17-20(26-18)13(21(3,4)5)9-16(24-17)12-6-7-14(22)15(23)8-12;1-5-6-9(4)10-7-8(2)3;1-5-6-7(2,3)4;1-3-4-2;1-2-3/h6-11H,1-5H3;6-7H,5H2,1-4H3;5-6H2,1-4H3;3-4H2,1-2H3;2-3H,1H2/b;9-6+;;;. The number of allylic oxidation sites excluding steroid dienone is 3. The topological polar surface area (TPSA) is 72.6 Å². The Hall–Kier alpha value is -3.38. The third-order valence-corrected chi connectivity index (χ3v) is 7.05.